The van der Waals surface area contributed by atoms with Gasteiger partial charge in [0, 0.05) is 44.2 Å². The number of methoxy groups -OCH3 is 2. The molecule has 1 aliphatic heterocycles. The Labute approximate surface area is 203 Å². The van der Waals surface area contributed by atoms with Crippen LogP contribution in [0.15, 0.2) is 42.5 Å². The molecule has 1 N–H and O–H groups in total. The number of nitrogens with one attached hydrogen (secondary N) is 1. The van der Waals surface area contributed by atoms with E-state index in [9.17, 15) is 19.7 Å². The van der Waals surface area contributed by atoms with Crippen molar-refractivity contribution in [3.63, 3.8) is 0 Å². The fourth-order valence-electron chi connectivity index (χ4n) is 4.04. The summed E-state index contributed by atoms with van der Waals surface area (Å²) in [6.07, 6.45) is 1.01. The minimum atomic E-state index is -0.667. The zero-order valence-electron chi connectivity index (χ0n) is 20.0. The first-order chi connectivity index (χ1) is 16.8. The lowest BCUT2D eigenvalue weighted by Crippen LogP contribution is -2.33. The molecule has 3 atom stereocenters. The van der Waals surface area contributed by atoms with Gasteiger partial charge in [-0.15, -0.1) is 0 Å². The number of nitro benzene ring substituents is 1. The van der Waals surface area contributed by atoms with Gasteiger partial charge in [-0.05, 0) is 48.7 Å². The maximum atomic E-state index is 12.7. The molecule has 10 nitrogen and oxygen atoms in total. The van der Waals surface area contributed by atoms with E-state index in [1.54, 1.807) is 32.4 Å². The zero-order valence-corrected chi connectivity index (χ0v) is 20.0. The van der Waals surface area contributed by atoms with E-state index in [1.807, 2.05) is 12.1 Å². The summed E-state index contributed by atoms with van der Waals surface area (Å²) in [5.41, 5.74) is 1.40. The number of esters is 1. The molecule has 0 aliphatic carbocycles. The Kier molecular flexibility index (Phi) is 9.16. The van der Waals surface area contributed by atoms with E-state index in [2.05, 4.69) is 5.32 Å². The minimum absolute atomic E-state index is 0.0214. The Morgan fingerprint density at radius 2 is 1.83 bits per heavy atom. The van der Waals surface area contributed by atoms with E-state index in [-0.39, 0.29) is 18.1 Å². The maximum absolute atomic E-state index is 12.7. The van der Waals surface area contributed by atoms with Gasteiger partial charge in [0.25, 0.3) is 5.69 Å². The SMILES string of the molecule is COCCCOc1cc(C2NC(C(=O)OCc3ccc([N+](=O)[O-])cc3)CC2C(C)=O)ccc1OC. The fraction of sp³-hybridized carbons (Fsp3) is 0.440. The number of ether oxygens (including phenoxy) is 4. The van der Waals surface area contributed by atoms with E-state index >= 15 is 0 Å². The summed E-state index contributed by atoms with van der Waals surface area (Å²) in [7, 11) is 3.18. The predicted octanol–water partition coefficient (Wildman–Crippen LogP) is 3.37. The van der Waals surface area contributed by atoms with Gasteiger partial charge in [0.05, 0.1) is 18.6 Å². The molecule has 3 unspecified atom stereocenters. The van der Waals surface area contributed by atoms with E-state index in [1.165, 1.54) is 19.1 Å². The highest BCUT2D eigenvalue weighted by molar-refractivity contribution is 5.83. The number of carbonyl (C=O) groups excluding carboxylic acids is 2. The number of ketones is 1. The van der Waals surface area contributed by atoms with Gasteiger partial charge in [0.15, 0.2) is 11.5 Å². The summed E-state index contributed by atoms with van der Waals surface area (Å²) < 4.78 is 21.7. The maximum Gasteiger partial charge on any atom is 0.323 e. The smallest absolute Gasteiger partial charge is 0.323 e. The molecule has 1 heterocycles. The summed E-state index contributed by atoms with van der Waals surface area (Å²) in [6.45, 7) is 2.50. The van der Waals surface area contributed by atoms with Gasteiger partial charge >= 0.3 is 5.97 Å². The zero-order chi connectivity index (χ0) is 25.4. The first-order valence-corrected chi connectivity index (χ1v) is 11.3. The molecule has 0 aromatic heterocycles. The topological polar surface area (TPSA) is 126 Å². The first-order valence-electron chi connectivity index (χ1n) is 11.3. The summed E-state index contributed by atoms with van der Waals surface area (Å²) >= 11 is 0. The number of nitro groups is 1. The lowest BCUT2D eigenvalue weighted by atomic mass is 9.90. The van der Waals surface area contributed by atoms with Crippen molar-refractivity contribution in [1.82, 2.24) is 5.32 Å². The van der Waals surface area contributed by atoms with E-state index in [0.717, 1.165) is 5.56 Å². The Bertz CT molecular complexity index is 1040. The molecule has 2 aromatic carbocycles. The third-order valence-electron chi connectivity index (χ3n) is 5.90. The second kappa shape index (κ2) is 12.3. The van der Waals surface area contributed by atoms with Crippen LogP contribution in [0.1, 0.15) is 36.9 Å². The van der Waals surface area contributed by atoms with Crippen LogP contribution in [0.2, 0.25) is 0 Å². The highest BCUT2D eigenvalue weighted by atomic mass is 16.6. The number of benzene rings is 2. The molecule has 0 spiro atoms. The number of rotatable bonds is 12. The average Bonchev–Trinajstić information content (AvgIpc) is 3.31. The van der Waals surface area contributed by atoms with Gasteiger partial charge in [-0.2, -0.15) is 0 Å². The Morgan fingerprint density at radius 1 is 1.09 bits per heavy atom. The van der Waals surface area contributed by atoms with Gasteiger partial charge < -0.3 is 18.9 Å². The van der Waals surface area contributed by atoms with Gasteiger partial charge in [-0.1, -0.05) is 6.07 Å². The van der Waals surface area contributed by atoms with Crippen molar-refractivity contribution in [2.75, 3.05) is 27.4 Å². The molecule has 1 aliphatic rings. The third-order valence-corrected chi connectivity index (χ3v) is 5.90. The second-order valence-electron chi connectivity index (χ2n) is 8.29. The van der Waals surface area contributed by atoms with Crippen LogP contribution in [0, 0.1) is 16.0 Å². The number of Topliss-reactive ketones (excluding diaryl/α,β-unsaturated/α-hetero) is 1. The van der Waals surface area contributed by atoms with E-state index in [4.69, 9.17) is 18.9 Å². The molecular weight excluding hydrogens is 456 g/mol. The van der Waals surface area contributed by atoms with Crippen molar-refractivity contribution < 1.29 is 33.5 Å². The third kappa shape index (κ3) is 6.77. The number of hydrogen-bond acceptors (Lipinski definition) is 9. The van der Waals surface area contributed by atoms with Crippen LogP contribution in [0.4, 0.5) is 5.69 Å². The van der Waals surface area contributed by atoms with Crippen LogP contribution >= 0.6 is 0 Å². The second-order valence-corrected chi connectivity index (χ2v) is 8.29. The van der Waals surface area contributed by atoms with Gasteiger partial charge in [0.2, 0.25) is 0 Å². The monoisotopic (exact) mass is 486 g/mol. The van der Waals surface area contributed by atoms with Crippen molar-refractivity contribution in [3.05, 3.63) is 63.7 Å². The molecule has 188 valence electrons. The molecule has 0 saturated carbocycles. The molecule has 1 saturated heterocycles. The summed E-state index contributed by atoms with van der Waals surface area (Å²) in [5, 5.41) is 14.0. The highest BCUT2D eigenvalue weighted by Gasteiger charge is 2.41. The molecular formula is C25H30N2O8. The summed E-state index contributed by atoms with van der Waals surface area (Å²) in [5.74, 6) is 0.187. The van der Waals surface area contributed by atoms with E-state index in [0.29, 0.717) is 43.1 Å². The van der Waals surface area contributed by atoms with Gasteiger partial charge in [-0.3, -0.25) is 25.0 Å². The molecule has 35 heavy (non-hydrogen) atoms. The fourth-order valence-corrected chi connectivity index (χ4v) is 4.04. The summed E-state index contributed by atoms with van der Waals surface area (Å²) in [6, 6.07) is 10.2. The molecule has 0 bridgehead atoms. The number of non-ortho nitro benzene ring substituents is 1. The molecule has 3 rings (SSSR count). The normalized spacial score (nSPS) is 19.2. The molecule has 0 amide bonds. The van der Waals surface area contributed by atoms with Crippen molar-refractivity contribution in [2.24, 2.45) is 5.92 Å². The largest absolute Gasteiger partial charge is 0.493 e. The minimum Gasteiger partial charge on any atom is -0.493 e. The van der Waals surface area contributed by atoms with Crippen molar-refractivity contribution in [1.29, 1.82) is 0 Å². The lowest BCUT2D eigenvalue weighted by molar-refractivity contribution is -0.384. The van der Waals surface area contributed by atoms with Crippen LogP contribution < -0.4 is 14.8 Å². The van der Waals surface area contributed by atoms with Gasteiger partial charge in [-0.25, -0.2) is 0 Å². The Balaban J connectivity index is 1.68. The molecule has 0 radical (unpaired) electrons. The van der Waals surface area contributed by atoms with Crippen molar-refractivity contribution in [3.8, 4) is 11.5 Å². The van der Waals surface area contributed by atoms with Crippen molar-refractivity contribution in [2.45, 2.75) is 38.5 Å². The number of carbonyl (C=O) groups is 2. The van der Waals surface area contributed by atoms with Crippen LogP contribution in [0.3, 0.4) is 0 Å². The molecule has 10 heteroatoms. The quantitative estimate of drug-likeness (QED) is 0.208. The van der Waals surface area contributed by atoms with Crippen LogP contribution in [0.25, 0.3) is 0 Å². The van der Waals surface area contributed by atoms with Gasteiger partial charge in [0.1, 0.15) is 18.4 Å². The summed E-state index contributed by atoms with van der Waals surface area (Å²) in [4.78, 5) is 35.4. The van der Waals surface area contributed by atoms with Crippen molar-refractivity contribution >= 4 is 17.4 Å². The van der Waals surface area contributed by atoms with Crippen LogP contribution in [-0.2, 0) is 25.7 Å². The molecule has 2 aromatic rings. The van der Waals surface area contributed by atoms with E-state index < -0.39 is 28.9 Å². The highest BCUT2D eigenvalue weighted by Crippen LogP contribution is 2.38. The Morgan fingerprint density at radius 3 is 2.46 bits per heavy atom. The lowest BCUT2D eigenvalue weighted by Gasteiger charge is -2.20. The number of nitrogens with zero attached hydrogens (tertiary/aromatic N) is 1. The standard InChI is InChI=1S/C25H30N2O8/c1-16(28)20-14-21(25(29)35-15-17-5-8-19(9-6-17)27(30)31)26-24(20)18-7-10-22(33-3)23(13-18)34-12-4-11-32-2/h5-10,13,20-21,24,26H,4,11-12,14-15H2,1-3H3. The Hall–Kier alpha value is -3.50. The van der Waals surface area contributed by atoms with Crippen LogP contribution in [0.5, 0.6) is 11.5 Å². The predicted molar refractivity (Wildman–Crippen MR) is 126 cm³/mol. The molecule has 1 fully saturated rings. The number of hydrogen-bond donors (Lipinski definition) is 1. The average molecular weight is 487 g/mol. The first kappa shape index (κ1) is 26.1. The van der Waals surface area contributed by atoms with Crippen LogP contribution in [-0.4, -0.2) is 50.2 Å².